The average Bonchev–Trinajstić information content (AvgIpc) is 3.30. The fraction of sp³-hybridized carbons (Fsp3) is 0.438. The second kappa shape index (κ2) is 6.07. The van der Waals surface area contributed by atoms with E-state index in [-0.39, 0.29) is 6.04 Å². The molecule has 1 saturated heterocycles. The van der Waals surface area contributed by atoms with Crippen molar-refractivity contribution in [3.8, 4) is 11.4 Å². The maximum atomic E-state index is 6.45. The topological polar surface area (TPSA) is 73.1 Å². The zero-order chi connectivity index (χ0) is 16.7. The van der Waals surface area contributed by atoms with Crippen LogP contribution in [0.15, 0.2) is 27.5 Å². The Balaban J connectivity index is 1.56. The van der Waals surface area contributed by atoms with Gasteiger partial charge in [0.1, 0.15) is 11.4 Å². The zero-order valence-electron chi connectivity index (χ0n) is 13.6. The van der Waals surface area contributed by atoms with Gasteiger partial charge in [-0.25, -0.2) is 0 Å². The number of halogens is 1. The number of hydrogen-bond donors (Lipinski definition) is 0. The van der Waals surface area contributed by atoms with Gasteiger partial charge in [0.15, 0.2) is 0 Å². The fourth-order valence-corrected chi connectivity index (χ4v) is 3.67. The van der Waals surface area contributed by atoms with Crippen molar-refractivity contribution in [1.29, 1.82) is 0 Å². The quantitative estimate of drug-likeness (QED) is 0.720. The molecule has 0 aliphatic carbocycles. The summed E-state index contributed by atoms with van der Waals surface area (Å²) in [6.45, 7) is 3.57. The van der Waals surface area contributed by atoms with Gasteiger partial charge in [-0.3, -0.25) is 9.58 Å². The Morgan fingerprint density at radius 2 is 2.29 bits per heavy atom. The Morgan fingerprint density at radius 3 is 3.00 bits per heavy atom. The van der Waals surface area contributed by atoms with Crippen LogP contribution in [0, 0.1) is 6.92 Å². The predicted molar refractivity (Wildman–Crippen MR) is 87.3 cm³/mol. The maximum Gasteiger partial charge on any atom is 0.241 e. The van der Waals surface area contributed by atoms with E-state index in [4.69, 9.17) is 20.5 Å². The second-order valence-electron chi connectivity index (χ2n) is 6.07. The van der Waals surface area contributed by atoms with Gasteiger partial charge < -0.3 is 8.94 Å². The van der Waals surface area contributed by atoms with E-state index >= 15 is 0 Å². The van der Waals surface area contributed by atoms with E-state index in [0.717, 1.165) is 36.2 Å². The fourth-order valence-electron chi connectivity index (χ4n) is 3.37. The van der Waals surface area contributed by atoms with Crippen LogP contribution < -0.4 is 0 Å². The summed E-state index contributed by atoms with van der Waals surface area (Å²) in [6.07, 6.45) is 5.36. The van der Waals surface area contributed by atoms with E-state index in [0.29, 0.717) is 23.4 Å². The summed E-state index contributed by atoms with van der Waals surface area (Å²) in [5.74, 6) is 1.14. The normalized spacial score (nSPS) is 18.5. The molecule has 1 unspecified atom stereocenters. The highest BCUT2D eigenvalue weighted by Gasteiger charge is 2.32. The molecule has 3 aromatic rings. The van der Waals surface area contributed by atoms with Gasteiger partial charge in [-0.1, -0.05) is 16.8 Å². The minimum atomic E-state index is 0.232. The molecule has 0 amide bonds. The molecule has 7 nitrogen and oxygen atoms in total. The molecule has 1 fully saturated rings. The van der Waals surface area contributed by atoms with E-state index < -0.39 is 0 Å². The van der Waals surface area contributed by atoms with E-state index in [9.17, 15) is 0 Å². The maximum absolute atomic E-state index is 6.45. The number of aryl methyl sites for hydroxylation is 2. The lowest BCUT2D eigenvalue weighted by Crippen LogP contribution is -2.23. The molecule has 0 bridgehead atoms. The molecule has 0 spiro atoms. The Bertz CT molecular complexity index is 839. The van der Waals surface area contributed by atoms with Crippen LogP contribution in [-0.4, -0.2) is 31.4 Å². The van der Waals surface area contributed by atoms with Crippen LogP contribution in [0.2, 0.25) is 5.15 Å². The molecule has 0 aromatic carbocycles. The lowest BCUT2D eigenvalue weighted by Gasteiger charge is -2.22. The molecular formula is C16H18ClN5O2. The lowest BCUT2D eigenvalue weighted by molar-refractivity contribution is 0.212. The Labute approximate surface area is 144 Å². The molecule has 0 saturated carbocycles. The van der Waals surface area contributed by atoms with Crippen molar-refractivity contribution >= 4 is 11.6 Å². The van der Waals surface area contributed by atoms with Gasteiger partial charge in [-0.05, 0) is 32.4 Å². The molecule has 4 heterocycles. The van der Waals surface area contributed by atoms with Crippen molar-refractivity contribution < 1.29 is 8.94 Å². The van der Waals surface area contributed by atoms with Crippen LogP contribution in [-0.2, 0) is 13.6 Å². The van der Waals surface area contributed by atoms with E-state index in [1.807, 2.05) is 20.0 Å². The Kier molecular flexibility index (Phi) is 3.90. The smallest absolute Gasteiger partial charge is 0.241 e. The first kappa shape index (κ1) is 15.4. The largest absolute Gasteiger partial charge is 0.472 e. The third kappa shape index (κ3) is 2.63. The Morgan fingerprint density at radius 1 is 1.42 bits per heavy atom. The van der Waals surface area contributed by atoms with Crippen molar-refractivity contribution in [3.05, 3.63) is 40.9 Å². The van der Waals surface area contributed by atoms with Crippen molar-refractivity contribution in [2.24, 2.45) is 7.05 Å². The van der Waals surface area contributed by atoms with Gasteiger partial charge in [-0.15, -0.1) is 0 Å². The molecule has 126 valence electrons. The molecule has 1 aliphatic rings. The second-order valence-corrected chi connectivity index (χ2v) is 6.42. The molecule has 3 aromatic heterocycles. The molecular weight excluding hydrogens is 330 g/mol. The summed E-state index contributed by atoms with van der Waals surface area (Å²) in [5, 5.41) is 9.16. The van der Waals surface area contributed by atoms with Crippen LogP contribution in [0.1, 0.15) is 36.0 Å². The number of furan rings is 1. The van der Waals surface area contributed by atoms with Gasteiger partial charge >= 0.3 is 0 Å². The monoisotopic (exact) mass is 347 g/mol. The highest BCUT2D eigenvalue weighted by atomic mass is 35.5. The summed E-state index contributed by atoms with van der Waals surface area (Å²) in [6, 6.07) is 2.04. The van der Waals surface area contributed by atoms with Crippen LogP contribution in [0.5, 0.6) is 0 Å². The van der Waals surface area contributed by atoms with Gasteiger partial charge in [0, 0.05) is 18.7 Å². The lowest BCUT2D eigenvalue weighted by atomic mass is 10.1. The molecule has 1 aliphatic heterocycles. The minimum absolute atomic E-state index is 0.232. The summed E-state index contributed by atoms with van der Waals surface area (Å²) < 4.78 is 12.2. The van der Waals surface area contributed by atoms with Crippen molar-refractivity contribution in [2.75, 3.05) is 6.54 Å². The van der Waals surface area contributed by atoms with Crippen molar-refractivity contribution in [1.82, 2.24) is 24.8 Å². The highest BCUT2D eigenvalue weighted by Crippen LogP contribution is 2.38. The number of hydrogen-bond acceptors (Lipinski definition) is 6. The van der Waals surface area contributed by atoms with Gasteiger partial charge in [0.2, 0.25) is 11.7 Å². The van der Waals surface area contributed by atoms with Crippen LogP contribution >= 0.6 is 11.6 Å². The summed E-state index contributed by atoms with van der Waals surface area (Å²) in [4.78, 5) is 6.78. The highest BCUT2D eigenvalue weighted by molar-refractivity contribution is 6.30. The molecule has 24 heavy (non-hydrogen) atoms. The first-order valence-electron chi connectivity index (χ1n) is 7.91. The number of likely N-dealkylation sites (tertiary alicyclic amines) is 1. The molecule has 8 heteroatoms. The van der Waals surface area contributed by atoms with Crippen LogP contribution in [0.25, 0.3) is 11.4 Å². The molecule has 4 rings (SSSR count). The van der Waals surface area contributed by atoms with E-state index in [2.05, 4.69) is 20.1 Å². The molecule has 0 radical (unpaired) electrons. The van der Waals surface area contributed by atoms with Gasteiger partial charge in [0.25, 0.3) is 0 Å². The molecule has 0 N–H and O–H groups in total. The predicted octanol–water partition coefficient (Wildman–Crippen LogP) is 3.36. The SMILES string of the molecule is Cc1nn(C)c(Cl)c1C1CCCN1Cc1nc(-c2ccoc2)no1. The first-order valence-corrected chi connectivity index (χ1v) is 8.29. The minimum Gasteiger partial charge on any atom is -0.472 e. The third-order valence-corrected chi connectivity index (χ3v) is 4.93. The van der Waals surface area contributed by atoms with Crippen molar-refractivity contribution in [2.45, 2.75) is 32.4 Å². The first-order chi connectivity index (χ1) is 11.6. The summed E-state index contributed by atoms with van der Waals surface area (Å²) >= 11 is 6.45. The zero-order valence-corrected chi connectivity index (χ0v) is 14.3. The van der Waals surface area contributed by atoms with Crippen LogP contribution in [0.4, 0.5) is 0 Å². The van der Waals surface area contributed by atoms with E-state index in [1.54, 1.807) is 17.2 Å². The number of aromatic nitrogens is 4. The number of nitrogens with zero attached hydrogens (tertiary/aromatic N) is 5. The Hall–Kier alpha value is -2.12. The van der Waals surface area contributed by atoms with Gasteiger partial charge in [-0.2, -0.15) is 10.1 Å². The van der Waals surface area contributed by atoms with E-state index in [1.165, 1.54) is 0 Å². The average molecular weight is 348 g/mol. The number of rotatable bonds is 4. The van der Waals surface area contributed by atoms with Gasteiger partial charge in [0.05, 0.1) is 24.1 Å². The van der Waals surface area contributed by atoms with Crippen LogP contribution in [0.3, 0.4) is 0 Å². The van der Waals surface area contributed by atoms with Crippen molar-refractivity contribution in [3.63, 3.8) is 0 Å². The molecule has 1 atom stereocenters. The third-order valence-electron chi connectivity index (χ3n) is 4.48. The summed E-state index contributed by atoms with van der Waals surface area (Å²) in [5.41, 5.74) is 2.89. The standard InChI is InChI=1S/C16H18ClN5O2/c1-10-14(15(17)21(2)19-10)12-4-3-6-22(12)8-13-18-16(20-24-13)11-5-7-23-9-11/h5,7,9,12H,3-4,6,8H2,1-2H3. The summed E-state index contributed by atoms with van der Waals surface area (Å²) in [7, 11) is 1.87.